The number of nitrogens with zero attached hydrogens (tertiary/aromatic N) is 2. The van der Waals surface area contributed by atoms with Gasteiger partial charge in [-0.25, -0.2) is 4.99 Å². The number of benzene rings is 1. The molecule has 0 atom stereocenters. The number of unbranched alkanes of at least 4 members (excludes halogenated alkanes) is 1. The molecule has 0 bridgehead atoms. The normalized spacial score (nSPS) is 16.0. The molecule has 0 radical (unpaired) electrons. The second-order valence-corrected chi connectivity index (χ2v) is 6.17. The minimum atomic E-state index is -0.120. The molecule has 2 rings (SSSR count). The summed E-state index contributed by atoms with van der Waals surface area (Å²) in [4.78, 5) is 18.3. The predicted octanol–water partition coefficient (Wildman–Crippen LogP) is 3.11. The molecule has 4 nitrogen and oxygen atoms in total. The summed E-state index contributed by atoms with van der Waals surface area (Å²) in [6.45, 7) is 2.15. The van der Waals surface area contributed by atoms with E-state index < -0.39 is 0 Å². The first kappa shape index (κ1) is 15.6. The van der Waals surface area contributed by atoms with Crippen LogP contribution in [0.15, 0.2) is 35.0 Å². The highest BCUT2D eigenvalue weighted by molar-refractivity contribution is 8.13. The summed E-state index contributed by atoms with van der Waals surface area (Å²) in [6, 6.07) is 8.04. The van der Waals surface area contributed by atoms with Gasteiger partial charge in [0, 0.05) is 25.5 Å². The lowest BCUT2D eigenvalue weighted by atomic mass is 10.1. The fourth-order valence-corrected chi connectivity index (χ4v) is 2.81. The van der Waals surface area contributed by atoms with E-state index in [-0.39, 0.29) is 5.91 Å². The molecule has 1 aromatic rings. The number of carbonyl (C=O) groups is 1. The van der Waals surface area contributed by atoms with Crippen LogP contribution in [0.2, 0.25) is 0 Å². The molecule has 1 aromatic carbocycles. The number of amidine groups is 1. The van der Waals surface area contributed by atoms with Crippen LogP contribution in [-0.4, -0.2) is 30.9 Å². The summed E-state index contributed by atoms with van der Waals surface area (Å²) < 4.78 is 0. The van der Waals surface area contributed by atoms with E-state index in [9.17, 15) is 4.79 Å². The molecule has 0 spiro atoms. The van der Waals surface area contributed by atoms with Crippen LogP contribution in [0.4, 0.5) is 5.69 Å². The molecule has 0 aromatic heterocycles. The second kappa shape index (κ2) is 7.31. The minimum Gasteiger partial charge on any atom is -0.378 e. The average Bonchev–Trinajstić information content (AvgIpc) is 2.80. The fraction of sp³-hybridized carbons (Fsp3) is 0.375. The lowest BCUT2D eigenvalue weighted by molar-refractivity contribution is -0.115. The Morgan fingerprint density at radius 1 is 1.29 bits per heavy atom. The van der Waals surface area contributed by atoms with Crippen molar-refractivity contribution < 1.29 is 4.79 Å². The van der Waals surface area contributed by atoms with Crippen LogP contribution in [0.25, 0.3) is 6.08 Å². The van der Waals surface area contributed by atoms with Gasteiger partial charge in [0.1, 0.15) is 5.70 Å². The highest BCUT2D eigenvalue weighted by Gasteiger charge is 2.19. The lowest BCUT2D eigenvalue weighted by Crippen LogP contribution is -2.21. The maximum Gasteiger partial charge on any atom is 0.275 e. The standard InChI is InChI=1S/C16H21N3OS/c1-4-5-10-21-16-17-14(15(20)18-16)11-12-6-8-13(9-7-12)19(2)3/h6-9,11H,4-5,10H2,1-3H3,(H,17,18,20)/b14-11-. The van der Waals surface area contributed by atoms with Crippen molar-refractivity contribution in [3.05, 3.63) is 35.5 Å². The Labute approximate surface area is 130 Å². The minimum absolute atomic E-state index is 0.120. The first-order valence-corrected chi connectivity index (χ1v) is 8.10. The Balaban J connectivity index is 2.07. The van der Waals surface area contributed by atoms with Gasteiger partial charge in [-0.3, -0.25) is 10.1 Å². The van der Waals surface area contributed by atoms with Gasteiger partial charge in [-0.2, -0.15) is 0 Å². The zero-order valence-corrected chi connectivity index (χ0v) is 13.5. The number of hydrogen-bond donors (Lipinski definition) is 1. The smallest absolute Gasteiger partial charge is 0.275 e. The zero-order chi connectivity index (χ0) is 15.2. The number of nitrogens with one attached hydrogen (secondary N) is 1. The van der Waals surface area contributed by atoms with Crippen LogP contribution in [0.5, 0.6) is 0 Å². The van der Waals surface area contributed by atoms with Gasteiger partial charge in [0.2, 0.25) is 0 Å². The van der Waals surface area contributed by atoms with E-state index in [1.54, 1.807) is 11.8 Å². The Morgan fingerprint density at radius 2 is 2.00 bits per heavy atom. The summed E-state index contributed by atoms with van der Waals surface area (Å²) in [5.74, 6) is 0.867. The van der Waals surface area contributed by atoms with Crippen LogP contribution < -0.4 is 10.2 Å². The molecule has 5 heteroatoms. The summed E-state index contributed by atoms with van der Waals surface area (Å²) in [5.41, 5.74) is 2.59. The van der Waals surface area contributed by atoms with Gasteiger partial charge in [0.15, 0.2) is 5.17 Å². The third kappa shape index (κ3) is 4.36. The van der Waals surface area contributed by atoms with E-state index in [1.807, 2.05) is 49.3 Å². The summed E-state index contributed by atoms with van der Waals surface area (Å²) in [5, 5.41) is 3.52. The van der Waals surface area contributed by atoms with Crippen molar-refractivity contribution in [1.29, 1.82) is 0 Å². The Kier molecular flexibility index (Phi) is 5.44. The monoisotopic (exact) mass is 303 g/mol. The first-order chi connectivity index (χ1) is 10.1. The third-order valence-corrected chi connectivity index (χ3v) is 4.08. The summed E-state index contributed by atoms with van der Waals surface area (Å²) >= 11 is 1.60. The highest BCUT2D eigenvalue weighted by Crippen LogP contribution is 2.19. The van der Waals surface area contributed by atoms with Crippen LogP contribution in [0, 0.1) is 0 Å². The molecule has 0 unspecified atom stereocenters. The molecular weight excluding hydrogens is 282 g/mol. The van der Waals surface area contributed by atoms with Gasteiger partial charge in [0.25, 0.3) is 5.91 Å². The summed E-state index contributed by atoms with van der Waals surface area (Å²) in [7, 11) is 4.00. The molecule has 1 N–H and O–H groups in total. The van der Waals surface area contributed by atoms with Crippen LogP contribution in [0.1, 0.15) is 25.3 Å². The highest BCUT2D eigenvalue weighted by atomic mass is 32.2. The number of rotatable bonds is 5. The SMILES string of the molecule is CCCCSC1=N/C(=C\c2ccc(N(C)C)cc2)C(=O)N1. The number of aliphatic imine (C=N–C) groups is 1. The van der Waals surface area contributed by atoms with E-state index in [0.29, 0.717) is 10.9 Å². The molecule has 0 aliphatic carbocycles. The van der Waals surface area contributed by atoms with Crippen LogP contribution in [0.3, 0.4) is 0 Å². The molecular formula is C16H21N3OS. The topological polar surface area (TPSA) is 44.7 Å². The summed E-state index contributed by atoms with van der Waals surface area (Å²) in [6.07, 6.45) is 4.10. The molecule has 0 saturated heterocycles. The molecule has 112 valence electrons. The second-order valence-electron chi connectivity index (χ2n) is 5.09. The van der Waals surface area contributed by atoms with E-state index >= 15 is 0 Å². The number of hydrogen-bond acceptors (Lipinski definition) is 4. The molecule has 1 amide bonds. The molecule has 0 saturated carbocycles. The Morgan fingerprint density at radius 3 is 2.62 bits per heavy atom. The third-order valence-electron chi connectivity index (χ3n) is 3.12. The van der Waals surface area contributed by atoms with Crippen molar-refractivity contribution in [1.82, 2.24) is 5.32 Å². The largest absolute Gasteiger partial charge is 0.378 e. The van der Waals surface area contributed by atoms with Crippen molar-refractivity contribution in [2.45, 2.75) is 19.8 Å². The van der Waals surface area contributed by atoms with Gasteiger partial charge in [-0.1, -0.05) is 37.2 Å². The average molecular weight is 303 g/mol. The predicted molar refractivity (Wildman–Crippen MR) is 91.7 cm³/mol. The first-order valence-electron chi connectivity index (χ1n) is 7.12. The van der Waals surface area contributed by atoms with Crippen molar-refractivity contribution in [2.24, 2.45) is 4.99 Å². The van der Waals surface area contributed by atoms with Crippen molar-refractivity contribution in [2.75, 3.05) is 24.7 Å². The van der Waals surface area contributed by atoms with Gasteiger partial charge < -0.3 is 4.90 Å². The molecule has 1 heterocycles. The van der Waals surface area contributed by atoms with E-state index in [1.165, 1.54) is 0 Å². The molecule has 1 aliphatic heterocycles. The van der Waals surface area contributed by atoms with E-state index in [4.69, 9.17) is 0 Å². The molecule has 0 fully saturated rings. The quantitative estimate of drug-likeness (QED) is 0.671. The number of amides is 1. The maximum atomic E-state index is 11.9. The number of anilines is 1. The van der Waals surface area contributed by atoms with Gasteiger partial charge in [0.05, 0.1) is 0 Å². The zero-order valence-electron chi connectivity index (χ0n) is 12.7. The van der Waals surface area contributed by atoms with Crippen LogP contribution in [-0.2, 0) is 4.79 Å². The van der Waals surface area contributed by atoms with E-state index in [2.05, 4.69) is 17.2 Å². The Bertz CT molecular complexity index is 561. The van der Waals surface area contributed by atoms with Gasteiger partial charge in [-0.15, -0.1) is 0 Å². The maximum absolute atomic E-state index is 11.9. The van der Waals surface area contributed by atoms with Crippen molar-refractivity contribution >= 4 is 34.6 Å². The van der Waals surface area contributed by atoms with Crippen molar-refractivity contribution in [3.63, 3.8) is 0 Å². The number of carbonyl (C=O) groups excluding carboxylic acids is 1. The number of thioether (sulfide) groups is 1. The van der Waals surface area contributed by atoms with Crippen LogP contribution >= 0.6 is 11.8 Å². The lowest BCUT2D eigenvalue weighted by Gasteiger charge is -2.11. The van der Waals surface area contributed by atoms with Gasteiger partial charge in [-0.05, 0) is 30.2 Å². The molecule has 21 heavy (non-hydrogen) atoms. The van der Waals surface area contributed by atoms with Crippen molar-refractivity contribution in [3.8, 4) is 0 Å². The fourth-order valence-electron chi connectivity index (χ4n) is 1.86. The van der Waals surface area contributed by atoms with E-state index in [0.717, 1.165) is 29.8 Å². The Hall–Kier alpha value is -1.75. The molecule has 1 aliphatic rings. The van der Waals surface area contributed by atoms with Gasteiger partial charge >= 0.3 is 0 Å².